The van der Waals surface area contributed by atoms with Crippen LogP contribution >= 0.6 is 0 Å². The number of hydrogen-bond donors (Lipinski definition) is 0. The van der Waals surface area contributed by atoms with Crippen LogP contribution in [-0.2, 0) is 19.1 Å². The zero-order valence-electron chi connectivity index (χ0n) is 20.4. The lowest BCUT2D eigenvalue weighted by atomic mass is 9.38. The molecule has 0 spiro atoms. The zero-order valence-corrected chi connectivity index (χ0v) is 20.4. The van der Waals surface area contributed by atoms with Gasteiger partial charge in [-0.2, -0.15) is 0 Å². The first kappa shape index (κ1) is 22.4. The number of carbonyl (C=O) groups is 3. The number of esters is 1. The van der Waals surface area contributed by atoms with Crippen molar-refractivity contribution in [2.45, 2.75) is 72.8 Å². The van der Waals surface area contributed by atoms with E-state index in [1.54, 1.807) is 18.6 Å². The number of furan rings is 1. The predicted octanol–water partition coefficient (Wildman–Crippen LogP) is 5.42. The second-order valence-electron chi connectivity index (χ2n) is 11.9. The summed E-state index contributed by atoms with van der Waals surface area (Å²) in [5.74, 6) is -0.177. The molecule has 0 aromatic carbocycles. The summed E-state index contributed by atoms with van der Waals surface area (Å²) in [6.07, 6.45) is 11.0. The molecule has 0 bridgehead atoms. The Hall–Kier alpha value is -2.43. The summed E-state index contributed by atoms with van der Waals surface area (Å²) in [4.78, 5) is 38.6. The Morgan fingerprint density at radius 2 is 1.85 bits per heavy atom. The number of carbonyl (C=O) groups excluding carboxylic acids is 3. The van der Waals surface area contributed by atoms with Crippen LogP contribution in [0.25, 0.3) is 0 Å². The topological polar surface area (TPSA) is 73.6 Å². The fourth-order valence-electron chi connectivity index (χ4n) is 8.44. The molecule has 4 aliphatic rings. The van der Waals surface area contributed by atoms with E-state index in [1.807, 2.05) is 26.0 Å². The van der Waals surface area contributed by atoms with Gasteiger partial charge >= 0.3 is 5.97 Å². The summed E-state index contributed by atoms with van der Waals surface area (Å²) >= 11 is 0. The molecule has 2 fully saturated rings. The summed E-state index contributed by atoms with van der Waals surface area (Å²) in [6.45, 7) is 12.1. The SMILES string of the molecule is CC(=O)O[C@@H]1C[C@@H]2C(C)(C)C(=O)C=C[C@]2(C)[C@H]2CC[C@]3(C)C(=CC(=O)[C@@H]3c3ccoc3)[C@@]21C. The van der Waals surface area contributed by atoms with E-state index in [9.17, 15) is 14.4 Å². The molecule has 5 nitrogen and oxygen atoms in total. The summed E-state index contributed by atoms with van der Waals surface area (Å²) in [7, 11) is 0. The standard InChI is InChI=1S/C28H34O5/c1-16(29)33-23-14-20-25(2,3)22(31)8-11-26(20,4)19-7-10-27(5)21(28(19,23)6)13-18(30)24(27)17-9-12-32-15-17/h8-9,11-13,15,19-20,23-24H,7,10,14H2,1-6H3/t19-,20-,23-,24+,26-,27-,28-/m1/s1. The third-order valence-corrected chi connectivity index (χ3v) is 9.99. The van der Waals surface area contributed by atoms with Gasteiger partial charge in [0, 0.05) is 28.7 Å². The van der Waals surface area contributed by atoms with Crippen molar-refractivity contribution in [3.05, 3.63) is 48.0 Å². The van der Waals surface area contributed by atoms with Crippen molar-refractivity contribution < 1.29 is 23.5 Å². The van der Waals surface area contributed by atoms with E-state index in [0.717, 1.165) is 24.0 Å². The van der Waals surface area contributed by atoms with Crippen LogP contribution in [0.15, 0.2) is 46.8 Å². The Bertz CT molecular complexity index is 1090. The molecule has 1 heterocycles. The number of ether oxygens (including phenoxy) is 1. The Morgan fingerprint density at radius 1 is 1.12 bits per heavy atom. The lowest BCUT2D eigenvalue weighted by molar-refractivity contribution is -0.187. The van der Waals surface area contributed by atoms with Gasteiger partial charge < -0.3 is 9.15 Å². The van der Waals surface area contributed by atoms with E-state index in [1.165, 1.54) is 6.92 Å². The first-order valence-corrected chi connectivity index (χ1v) is 12.1. The van der Waals surface area contributed by atoms with Crippen LogP contribution in [0.1, 0.15) is 72.3 Å². The minimum absolute atomic E-state index is 0.0525. The maximum Gasteiger partial charge on any atom is 0.302 e. The highest BCUT2D eigenvalue weighted by Crippen LogP contribution is 2.72. The fourth-order valence-corrected chi connectivity index (χ4v) is 8.44. The van der Waals surface area contributed by atoms with Gasteiger partial charge in [0.25, 0.3) is 0 Å². The highest BCUT2D eigenvalue weighted by Gasteiger charge is 2.69. The Labute approximate surface area is 195 Å². The molecule has 0 amide bonds. The van der Waals surface area contributed by atoms with Crippen LogP contribution in [0.4, 0.5) is 0 Å². The number of rotatable bonds is 2. The molecule has 5 heteroatoms. The first-order valence-electron chi connectivity index (χ1n) is 12.1. The third kappa shape index (κ3) is 2.74. The molecule has 1 aromatic rings. The average Bonchev–Trinajstić information content (AvgIpc) is 3.32. The van der Waals surface area contributed by atoms with Gasteiger partial charge in [-0.05, 0) is 60.3 Å². The molecule has 176 valence electrons. The Balaban J connectivity index is 1.68. The maximum atomic E-state index is 13.4. The summed E-state index contributed by atoms with van der Waals surface area (Å²) in [5.41, 5.74) is 0.363. The van der Waals surface area contributed by atoms with E-state index >= 15 is 0 Å². The van der Waals surface area contributed by atoms with Crippen molar-refractivity contribution >= 4 is 17.5 Å². The van der Waals surface area contributed by atoms with Crippen LogP contribution in [0.5, 0.6) is 0 Å². The van der Waals surface area contributed by atoms with Gasteiger partial charge in [0.05, 0.1) is 18.4 Å². The van der Waals surface area contributed by atoms with E-state index in [4.69, 9.17) is 9.15 Å². The molecule has 4 aliphatic carbocycles. The van der Waals surface area contributed by atoms with Crippen molar-refractivity contribution in [2.75, 3.05) is 0 Å². The molecule has 0 radical (unpaired) electrons. The summed E-state index contributed by atoms with van der Waals surface area (Å²) in [6, 6.07) is 1.89. The second-order valence-corrected chi connectivity index (χ2v) is 11.9. The summed E-state index contributed by atoms with van der Waals surface area (Å²) < 4.78 is 11.4. The lowest BCUT2D eigenvalue weighted by Gasteiger charge is -2.66. The lowest BCUT2D eigenvalue weighted by Crippen LogP contribution is -2.64. The maximum absolute atomic E-state index is 13.4. The number of fused-ring (bicyclic) bond motifs is 5. The Kier molecular flexibility index (Phi) is 4.61. The average molecular weight is 451 g/mol. The van der Waals surface area contributed by atoms with Gasteiger partial charge in [0.1, 0.15) is 6.10 Å². The number of ketones is 2. The third-order valence-electron chi connectivity index (χ3n) is 9.99. The van der Waals surface area contributed by atoms with E-state index < -0.39 is 16.9 Å². The van der Waals surface area contributed by atoms with Gasteiger partial charge in [-0.25, -0.2) is 0 Å². The second kappa shape index (κ2) is 6.80. The predicted molar refractivity (Wildman–Crippen MR) is 123 cm³/mol. The van der Waals surface area contributed by atoms with Gasteiger partial charge in [-0.3, -0.25) is 14.4 Å². The van der Waals surface area contributed by atoms with Crippen LogP contribution in [-0.4, -0.2) is 23.6 Å². The molecule has 0 saturated heterocycles. The number of hydrogen-bond acceptors (Lipinski definition) is 5. The van der Waals surface area contributed by atoms with Crippen LogP contribution < -0.4 is 0 Å². The van der Waals surface area contributed by atoms with Crippen LogP contribution in [0.2, 0.25) is 0 Å². The zero-order chi connectivity index (χ0) is 24.0. The van der Waals surface area contributed by atoms with E-state index in [-0.39, 0.29) is 46.1 Å². The normalized spacial score (nSPS) is 43.4. The van der Waals surface area contributed by atoms with Gasteiger partial charge in [0.2, 0.25) is 0 Å². The van der Waals surface area contributed by atoms with Crippen molar-refractivity contribution in [1.29, 1.82) is 0 Å². The molecule has 2 saturated carbocycles. The highest BCUT2D eigenvalue weighted by atomic mass is 16.5. The smallest absolute Gasteiger partial charge is 0.302 e. The molecule has 0 unspecified atom stereocenters. The van der Waals surface area contributed by atoms with E-state index in [0.29, 0.717) is 6.42 Å². The van der Waals surface area contributed by atoms with Gasteiger partial charge in [-0.15, -0.1) is 0 Å². The highest BCUT2D eigenvalue weighted by molar-refractivity contribution is 6.01. The van der Waals surface area contributed by atoms with Gasteiger partial charge in [0.15, 0.2) is 11.6 Å². The molecule has 33 heavy (non-hydrogen) atoms. The molecule has 7 atom stereocenters. The van der Waals surface area contributed by atoms with E-state index in [2.05, 4.69) is 26.8 Å². The molecule has 0 N–H and O–H groups in total. The molecule has 0 aliphatic heterocycles. The quantitative estimate of drug-likeness (QED) is 0.563. The molecule has 5 rings (SSSR count). The molecule has 1 aromatic heterocycles. The first-order chi connectivity index (χ1) is 15.4. The Morgan fingerprint density at radius 3 is 2.48 bits per heavy atom. The van der Waals surface area contributed by atoms with Gasteiger partial charge in [-0.1, -0.05) is 40.7 Å². The fraction of sp³-hybridized carbons (Fsp3) is 0.607. The minimum Gasteiger partial charge on any atom is -0.472 e. The van der Waals surface area contributed by atoms with Crippen molar-refractivity contribution in [3.63, 3.8) is 0 Å². The van der Waals surface area contributed by atoms with Crippen molar-refractivity contribution in [2.24, 2.45) is 33.5 Å². The number of allylic oxidation sites excluding steroid dienone is 3. The van der Waals surface area contributed by atoms with Crippen LogP contribution in [0, 0.1) is 33.5 Å². The largest absolute Gasteiger partial charge is 0.472 e. The molecular formula is C28H34O5. The minimum atomic E-state index is -0.539. The summed E-state index contributed by atoms with van der Waals surface area (Å²) in [5, 5.41) is 0. The van der Waals surface area contributed by atoms with Crippen molar-refractivity contribution in [1.82, 2.24) is 0 Å². The van der Waals surface area contributed by atoms with Crippen LogP contribution in [0.3, 0.4) is 0 Å². The molecular weight excluding hydrogens is 416 g/mol. The monoisotopic (exact) mass is 450 g/mol. The van der Waals surface area contributed by atoms with Crippen molar-refractivity contribution in [3.8, 4) is 0 Å².